The van der Waals surface area contributed by atoms with Crippen molar-refractivity contribution in [2.24, 2.45) is 0 Å². The molecule has 0 unspecified atom stereocenters. The molecule has 8 aromatic carbocycles. The molecular weight excluding hydrogens is 653 g/mol. The van der Waals surface area contributed by atoms with Crippen LogP contribution in [0.3, 0.4) is 0 Å². The molecule has 0 amide bonds. The molecule has 5 heteroatoms. The minimum absolute atomic E-state index is 0.642. The molecule has 0 aliphatic carbocycles. The minimum Gasteiger partial charge on any atom is -0.309 e. The number of rotatable bonds is 4. The lowest BCUT2D eigenvalue weighted by Gasteiger charge is -2.11. The lowest BCUT2D eigenvalue weighted by molar-refractivity contribution is 1.08. The SMILES string of the molecule is c1ccc(-c2nc(-c3ccc4c5ccccc5n(-c5ccccc5)c4c3)nc(-c3cccc4sc5cc6ccc7ccccc7c6cc5c34)n2)cc1. The third kappa shape index (κ3) is 4.50. The minimum atomic E-state index is 0.642. The number of para-hydroxylation sites is 2. The van der Waals surface area contributed by atoms with Crippen LogP contribution in [0.5, 0.6) is 0 Å². The molecule has 3 heterocycles. The zero-order valence-electron chi connectivity index (χ0n) is 27.9. The van der Waals surface area contributed by atoms with Gasteiger partial charge in [-0.3, -0.25) is 0 Å². The molecule has 11 rings (SSSR count). The molecule has 4 nitrogen and oxygen atoms in total. The van der Waals surface area contributed by atoms with E-state index in [0.717, 1.165) is 27.9 Å². The summed E-state index contributed by atoms with van der Waals surface area (Å²) in [5, 5.41) is 9.80. The lowest BCUT2D eigenvalue weighted by Crippen LogP contribution is -2.00. The second-order valence-electron chi connectivity index (χ2n) is 13.2. The molecule has 0 aliphatic rings. The first-order chi connectivity index (χ1) is 25.8. The van der Waals surface area contributed by atoms with Crippen molar-refractivity contribution in [2.45, 2.75) is 0 Å². The van der Waals surface area contributed by atoms with Gasteiger partial charge >= 0.3 is 0 Å². The van der Waals surface area contributed by atoms with Gasteiger partial charge in [0.25, 0.3) is 0 Å². The number of hydrogen-bond acceptors (Lipinski definition) is 4. The fourth-order valence-electron chi connectivity index (χ4n) is 7.82. The van der Waals surface area contributed by atoms with Gasteiger partial charge in [-0.05, 0) is 64.0 Å². The molecule has 0 spiro atoms. The van der Waals surface area contributed by atoms with Crippen LogP contribution >= 0.6 is 11.3 Å². The summed E-state index contributed by atoms with van der Waals surface area (Å²) in [5.74, 6) is 1.96. The van der Waals surface area contributed by atoms with Crippen LogP contribution in [0, 0.1) is 0 Å². The monoisotopic (exact) mass is 680 g/mol. The maximum absolute atomic E-state index is 5.28. The number of aromatic nitrogens is 4. The summed E-state index contributed by atoms with van der Waals surface area (Å²) >= 11 is 1.82. The van der Waals surface area contributed by atoms with E-state index in [1.165, 1.54) is 58.0 Å². The third-order valence-corrected chi connectivity index (χ3v) is 11.3. The zero-order valence-corrected chi connectivity index (χ0v) is 28.7. The molecule has 0 N–H and O–H groups in total. The second-order valence-corrected chi connectivity index (χ2v) is 14.3. The lowest BCUT2D eigenvalue weighted by atomic mass is 9.98. The normalized spacial score (nSPS) is 11.8. The molecule has 11 aromatic rings. The highest BCUT2D eigenvalue weighted by Gasteiger charge is 2.19. The van der Waals surface area contributed by atoms with Gasteiger partial charge in [0.05, 0.1) is 11.0 Å². The first kappa shape index (κ1) is 29.1. The number of thiophene rings is 1. The molecule has 0 saturated carbocycles. The molecule has 3 aromatic heterocycles. The maximum Gasteiger partial charge on any atom is 0.164 e. The smallest absolute Gasteiger partial charge is 0.164 e. The Morgan fingerprint density at radius 2 is 1.08 bits per heavy atom. The van der Waals surface area contributed by atoms with Crippen molar-refractivity contribution in [1.82, 2.24) is 19.5 Å². The molecule has 0 radical (unpaired) electrons. The molecule has 0 aliphatic heterocycles. The van der Waals surface area contributed by atoms with Crippen LogP contribution in [0.2, 0.25) is 0 Å². The van der Waals surface area contributed by atoms with Crippen LogP contribution in [-0.4, -0.2) is 19.5 Å². The average Bonchev–Trinajstić information content (AvgIpc) is 3.75. The maximum atomic E-state index is 5.28. The Morgan fingerprint density at radius 3 is 1.94 bits per heavy atom. The predicted octanol–water partition coefficient (Wildman–Crippen LogP) is 12.6. The summed E-state index contributed by atoms with van der Waals surface area (Å²) < 4.78 is 4.80. The topological polar surface area (TPSA) is 43.6 Å². The van der Waals surface area contributed by atoms with Crippen molar-refractivity contribution < 1.29 is 0 Å². The van der Waals surface area contributed by atoms with Crippen molar-refractivity contribution in [2.75, 3.05) is 0 Å². The molecule has 0 saturated heterocycles. The van der Waals surface area contributed by atoms with E-state index < -0.39 is 0 Å². The van der Waals surface area contributed by atoms with Gasteiger partial charge in [-0.15, -0.1) is 11.3 Å². The van der Waals surface area contributed by atoms with Crippen LogP contribution in [0.15, 0.2) is 170 Å². The number of benzene rings is 8. The summed E-state index contributed by atoms with van der Waals surface area (Å²) in [6.07, 6.45) is 0. The largest absolute Gasteiger partial charge is 0.309 e. The van der Waals surface area contributed by atoms with Crippen molar-refractivity contribution in [3.8, 4) is 39.9 Å². The van der Waals surface area contributed by atoms with E-state index in [1.807, 2.05) is 29.5 Å². The predicted molar refractivity (Wildman–Crippen MR) is 218 cm³/mol. The van der Waals surface area contributed by atoms with E-state index in [0.29, 0.717) is 17.5 Å². The van der Waals surface area contributed by atoms with Gasteiger partial charge in [0.1, 0.15) is 0 Å². The Hall–Kier alpha value is -6.69. The molecule has 242 valence electrons. The number of hydrogen-bond donors (Lipinski definition) is 0. The van der Waals surface area contributed by atoms with E-state index in [4.69, 9.17) is 15.0 Å². The quantitative estimate of drug-likeness (QED) is 0.174. The zero-order chi connectivity index (χ0) is 34.2. The van der Waals surface area contributed by atoms with E-state index in [2.05, 4.69) is 156 Å². The Balaban J connectivity index is 1.17. The highest BCUT2D eigenvalue weighted by atomic mass is 32.1. The Labute approximate surface area is 302 Å². The Morgan fingerprint density at radius 1 is 0.385 bits per heavy atom. The Kier molecular flexibility index (Phi) is 6.39. The fraction of sp³-hybridized carbons (Fsp3) is 0. The molecular formula is C47H28N4S. The summed E-state index contributed by atoms with van der Waals surface area (Å²) in [6.45, 7) is 0. The van der Waals surface area contributed by atoms with E-state index in [-0.39, 0.29) is 0 Å². The molecule has 0 atom stereocenters. The van der Waals surface area contributed by atoms with Crippen molar-refractivity contribution in [3.63, 3.8) is 0 Å². The molecule has 52 heavy (non-hydrogen) atoms. The highest BCUT2D eigenvalue weighted by Crippen LogP contribution is 2.43. The van der Waals surface area contributed by atoms with Crippen molar-refractivity contribution in [1.29, 1.82) is 0 Å². The molecule has 0 bridgehead atoms. The van der Waals surface area contributed by atoms with Gasteiger partial charge in [0, 0.05) is 53.3 Å². The summed E-state index contributed by atoms with van der Waals surface area (Å²) in [7, 11) is 0. The molecule has 0 fully saturated rings. The van der Waals surface area contributed by atoms with E-state index in [1.54, 1.807) is 0 Å². The van der Waals surface area contributed by atoms with Crippen LogP contribution in [0.4, 0.5) is 0 Å². The number of fused-ring (bicyclic) bond motifs is 9. The van der Waals surface area contributed by atoms with Gasteiger partial charge in [-0.1, -0.05) is 127 Å². The van der Waals surface area contributed by atoms with E-state index in [9.17, 15) is 0 Å². The second kappa shape index (κ2) is 11.4. The fourth-order valence-corrected chi connectivity index (χ4v) is 8.98. The summed E-state index contributed by atoms with van der Waals surface area (Å²) in [5.41, 5.74) is 6.28. The summed E-state index contributed by atoms with van der Waals surface area (Å²) in [6, 6.07) is 60.2. The van der Waals surface area contributed by atoms with Gasteiger partial charge in [0.15, 0.2) is 17.5 Å². The third-order valence-electron chi connectivity index (χ3n) is 10.2. The van der Waals surface area contributed by atoms with Gasteiger partial charge in [-0.2, -0.15) is 0 Å². The van der Waals surface area contributed by atoms with Crippen molar-refractivity contribution >= 4 is 74.9 Å². The standard InChI is InChI=1S/C47H28N4S/c1-3-13-30(14-4-1)45-48-46(32-24-25-36-35-18-9-10-20-40(35)51(41(36)26-32)33-15-5-2-6-16-33)50-47(49-45)37-19-11-21-42-44(37)39-28-38-31(27-43(39)52-42)23-22-29-12-7-8-17-34(29)38/h1-28H. The van der Waals surface area contributed by atoms with Crippen LogP contribution in [0.25, 0.3) is 103 Å². The highest BCUT2D eigenvalue weighted by molar-refractivity contribution is 7.26. The van der Waals surface area contributed by atoms with Gasteiger partial charge in [0.2, 0.25) is 0 Å². The summed E-state index contributed by atoms with van der Waals surface area (Å²) in [4.78, 5) is 15.6. The van der Waals surface area contributed by atoms with Crippen LogP contribution in [0.1, 0.15) is 0 Å². The van der Waals surface area contributed by atoms with Crippen LogP contribution in [-0.2, 0) is 0 Å². The first-order valence-corrected chi connectivity index (χ1v) is 18.3. The first-order valence-electron chi connectivity index (χ1n) is 17.4. The van der Waals surface area contributed by atoms with Gasteiger partial charge in [-0.25, -0.2) is 15.0 Å². The average molecular weight is 681 g/mol. The van der Waals surface area contributed by atoms with Crippen LogP contribution < -0.4 is 0 Å². The van der Waals surface area contributed by atoms with E-state index >= 15 is 0 Å². The van der Waals surface area contributed by atoms with Crippen molar-refractivity contribution in [3.05, 3.63) is 170 Å². The van der Waals surface area contributed by atoms with Gasteiger partial charge < -0.3 is 4.57 Å². The number of nitrogens with zero attached hydrogens (tertiary/aromatic N) is 4. The Bertz CT molecular complexity index is 3180.